The quantitative estimate of drug-likeness (QED) is 0.254. The Balaban J connectivity index is 1.54. The SMILES string of the molecule is O=C(O)CN1C(=O)/C(=c2\s/c(=C3/C=C(C=C4Sc5ccccc5N4CCCS(=O)(=O)O)CC3)c(=O)n2CC(=O)O)OC1=S. The molecule has 1 aromatic carbocycles. The fourth-order valence-corrected chi connectivity index (χ4v) is 7.81. The van der Waals surface area contributed by atoms with E-state index in [-0.39, 0.29) is 21.4 Å². The van der Waals surface area contributed by atoms with Crippen LogP contribution >= 0.6 is 35.3 Å². The smallest absolute Gasteiger partial charge is 0.323 e. The Kier molecular flexibility index (Phi) is 8.62. The first-order valence-electron chi connectivity index (χ1n) is 12.7. The van der Waals surface area contributed by atoms with Gasteiger partial charge < -0.3 is 19.8 Å². The van der Waals surface area contributed by atoms with Crippen molar-refractivity contribution in [3.8, 4) is 0 Å². The van der Waals surface area contributed by atoms with Gasteiger partial charge in [-0.1, -0.05) is 30.0 Å². The third-order valence-electron chi connectivity index (χ3n) is 6.58. The number of fused-ring (bicyclic) bond motifs is 1. The number of carbonyl (C=O) groups excluding carboxylic acids is 1. The van der Waals surface area contributed by atoms with Gasteiger partial charge in [-0.2, -0.15) is 8.42 Å². The van der Waals surface area contributed by atoms with Gasteiger partial charge >= 0.3 is 17.8 Å². The van der Waals surface area contributed by atoms with Gasteiger partial charge in [-0.15, -0.1) is 11.3 Å². The van der Waals surface area contributed by atoms with E-state index >= 15 is 0 Å². The van der Waals surface area contributed by atoms with Gasteiger partial charge in [0.25, 0.3) is 20.9 Å². The van der Waals surface area contributed by atoms with Crippen LogP contribution in [0.1, 0.15) is 19.3 Å². The largest absolute Gasteiger partial charge is 0.480 e. The number of thioether (sulfide) groups is 1. The predicted molar refractivity (Wildman–Crippen MR) is 161 cm³/mol. The molecule has 3 aliphatic rings. The maximum absolute atomic E-state index is 13.4. The summed E-state index contributed by atoms with van der Waals surface area (Å²) in [7, 11) is -4.11. The van der Waals surface area contributed by atoms with E-state index in [1.54, 1.807) is 0 Å². The van der Waals surface area contributed by atoms with Crippen LogP contribution in [-0.2, 0) is 35.8 Å². The minimum absolute atomic E-state index is 0.0813. The van der Waals surface area contributed by atoms with Crippen LogP contribution in [0, 0.1) is 0 Å². The zero-order valence-electron chi connectivity index (χ0n) is 22.1. The van der Waals surface area contributed by atoms with Crippen LogP contribution < -0.4 is 19.7 Å². The number of para-hydroxylation sites is 1. The normalized spacial score (nSPS) is 20.1. The van der Waals surface area contributed by atoms with Crippen molar-refractivity contribution in [2.45, 2.75) is 30.7 Å². The van der Waals surface area contributed by atoms with Gasteiger partial charge in [-0.3, -0.25) is 33.2 Å². The number of thiocarbonyl (C=S) groups is 1. The first-order chi connectivity index (χ1) is 20.3. The third kappa shape index (κ3) is 6.59. The highest BCUT2D eigenvalue weighted by Crippen LogP contribution is 2.46. The fraction of sp³-hybridized carbons (Fsp3) is 0.269. The Morgan fingerprint density at radius 3 is 2.49 bits per heavy atom. The number of aromatic nitrogens is 1. The van der Waals surface area contributed by atoms with Crippen LogP contribution in [0.25, 0.3) is 11.3 Å². The second-order valence-electron chi connectivity index (χ2n) is 9.59. The standard InChI is InChI=1S/C26H23N3O10S4/c30-19(31)12-28-24(35)22(42-25(28)21-23(34)29(13-20(32)33)26(40)39-21)15-7-6-14(10-15)11-18-27(8-3-9-43(36,37)38)16-4-1-2-5-17(16)41-18/h1-2,4-5,10-11H,3,6-9,12-13H2,(H,30,31)(H,32,33)(H,36,37,38)/b18-11?,22-15+,25-21+. The molecule has 1 aromatic heterocycles. The second kappa shape index (κ2) is 12.1. The number of aliphatic carboxylic acids is 2. The molecule has 0 spiro atoms. The monoisotopic (exact) mass is 665 g/mol. The van der Waals surface area contributed by atoms with Crippen LogP contribution in [0.15, 0.2) is 56.7 Å². The summed E-state index contributed by atoms with van der Waals surface area (Å²) in [5.74, 6) is -4.33. The molecule has 3 heterocycles. The Morgan fingerprint density at radius 2 is 1.79 bits per heavy atom. The van der Waals surface area contributed by atoms with Gasteiger partial charge in [0.1, 0.15) is 17.8 Å². The first-order valence-corrected chi connectivity index (χ1v) is 16.3. The number of anilines is 1. The molecular formula is C26H23N3O10S4. The summed E-state index contributed by atoms with van der Waals surface area (Å²) in [6, 6.07) is 7.64. The van der Waals surface area contributed by atoms with Crippen LogP contribution in [0.3, 0.4) is 0 Å². The molecule has 1 saturated heterocycles. The fourth-order valence-electron chi connectivity index (χ4n) is 4.75. The van der Waals surface area contributed by atoms with E-state index in [2.05, 4.69) is 0 Å². The minimum atomic E-state index is -4.11. The van der Waals surface area contributed by atoms with Crippen molar-refractivity contribution >= 4 is 85.5 Å². The van der Waals surface area contributed by atoms with E-state index in [4.69, 9.17) is 26.6 Å². The minimum Gasteiger partial charge on any atom is -0.480 e. The first kappa shape index (κ1) is 30.7. The molecule has 1 fully saturated rings. The Bertz CT molecular complexity index is 1920. The molecule has 0 bridgehead atoms. The van der Waals surface area contributed by atoms with Crippen molar-refractivity contribution in [1.82, 2.24) is 9.47 Å². The molecule has 43 heavy (non-hydrogen) atoms. The molecule has 17 heteroatoms. The van der Waals surface area contributed by atoms with E-state index in [0.717, 1.165) is 37.1 Å². The summed E-state index contributed by atoms with van der Waals surface area (Å²) in [5.41, 5.74) is 1.77. The molecule has 226 valence electrons. The molecule has 2 aliphatic heterocycles. The summed E-state index contributed by atoms with van der Waals surface area (Å²) >= 11 is 7.36. The van der Waals surface area contributed by atoms with E-state index in [1.165, 1.54) is 11.8 Å². The molecule has 0 saturated carbocycles. The maximum atomic E-state index is 13.4. The molecule has 2 aromatic rings. The van der Waals surface area contributed by atoms with Crippen LogP contribution in [0.4, 0.5) is 5.69 Å². The topological polar surface area (TPSA) is 184 Å². The van der Waals surface area contributed by atoms with E-state index in [9.17, 15) is 32.7 Å². The van der Waals surface area contributed by atoms with Crippen molar-refractivity contribution in [3.05, 3.63) is 66.6 Å². The lowest BCUT2D eigenvalue weighted by atomic mass is 10.2. The van der Waals surface area contributed by atoms with Gasteiger partial charge in [0.15, 0.2) is 0 Å². The Morgan fingerprint density at radius 1 is 1.07 bits per heavy atom. The molecule has 1 amide bonds. The van der Waals surface area contributed by atoms with Crippen molar-refractivity contribution < 1.29 is 42.3 Å². The lowest BCUT2D eigenvalue weighted by Crippen LogP contribution is -2.37. The van der Waals surface area contributed by atoms with Crippen molar-refractivity contribution in [3.63, 3.8) is 0 Å². The third-order valence-corrected chi connectivity index (χ3v) is 10.0. The maximum Gasteiger partial charge on any atom is 0.323 e. The summed E-state index contributed by atoms with van der Waals surface area (Å²) in [6.45, 7) is -1.16. The number of carbonyl (C=O) groups is 3. The average molecular weight is 666 g/mol. The number of hydrogen-bond acceptors (Lipinski definition) is 11. The van der Waals surface area contributed by atoms with Crippen molar-refractivity contribution in [2.75, 3.05) is 23.7 Å². The number of rotatable bonds is 9. The molecule has 0 radical (unpaired) electrons. The number of amides is 1. The van der Waals surface area contributed by atoms with Gasteiger partial charge in [0.05, 0.1) is 21.0 Å². The number of carboxylic acids is 2. The predicted octanol–water partition coefficient (Wildman–Crippen LogP) is 0.933. The van der Waals surface area contributed by atoms with Crippen molar-refractivity contribution in [2.24, 2.45) is 0 Å². The highest BCUT2D eigenvalue weighted by atomic mass is 32.2. The van der Waals surface area contributed by atoms with Crippen LogP contribution in [-0.4, -0.2) is 74.5 Å². The number of ether oxygens (including phenoxy) is 1. The number of hydrogen-bond donors (Lipinski definition) is 3. The molecule has 0 unspecified atom stereocenters. The zero-order chi connectivity index (χ0) is 31.1. The van der Waals surface area contributed by atoms with E-state index in [0.29, 0.717) is 29.9 Å². The summed E-state index contributed by atoms with van der Waals surface area (Å²) in [5, 5.41) is 19.0. The molecule has 0 atom stereocenters. The number of thiazole rings is 1. The van der Waals surface area contributed by atoms with E-state index in [1.807, 2.05) is 41.3 Å². The second-order valence-corrected chi connectivity index (χ2v) is 13.6. The molecule has 13 nitrogen and oxygen atoms in total. The lowest BCUT2D eigenvalue weighted by molar-refractivity contribution is -0.140. The lowest BCUT2D eigenvalue weighted by Gasteiger charge is -2.20. The number of allylic oxidation sites excluding steroid dienone is 3. The van der Waals surface area contributed by atoms with Gasteiger partial charge in [-0.05, 0) is 60.8 Å². The number of nitrogens with zero attached hydrogens (tertiary/aromatic N) is 3. The highest BCUT2D eigenvalue weighted by Gasteiger charge is 2.37. The highest BCUT2D eigenvalue weighted by molar-refractivity contribution is 8.03. The van der Waals surface area contributed by atoms with Gasteiger partial charge in [-0.25, -0.2) is 0 Å². The molecule has 3 N–H and O–H groups in total. The van der Waals surface area contributed by atoms with Gasteiger partial charge in [0, 0.05) is 11.4 Å². The van der Waals surface area contributed by atoms with Crippen LogP contribution in [0.5, 0.6) is 0 Å². The number of carboxylic acid groups (broad SMARTS) is 2. The zero-order valence-corrected chi connectivity index (χ0v) is 25.4. The average Bonchev–Trinajstić information content (AvgIpc) is 3.66. The van der Waals surface area contributed by atoms with E-state index < -0.39 is 57.5 Å². The Labute approximate surface area is 257 Å². The Hall–Kier alpha value is -3.77. The summed E-state index contributed by atoms with van der Waals surface area (Å²) in [4.78, 5) is 52.7. The summed E-state index contributed by atoms with van der Waals surface area (Å²) in [6.07, 6.45) is 4.97. The summed E-state index contributed by atoms with van der Waals surface area (Å²) < 4.78 is 38.1. The molecular weight excluding hydrogens is 643 g/mol. The molecule has 5 rings (SSSR count). The molecule has 1 aliphatic carbocycles. The number of benzene rings is 1. The van der Waals surface area contributed by atoms with Crippen molar-refractivity contribution in [1.29, 1.82) is 0 Å². The van der Waals surface area contributed by atoms with Gasteiger partial charge in [0.2, 0.25) is 5.76 Å². The van der Waals surface area contributed by atoms with Crippen LogP contribution in [0.2, 0.25) is 0 Å².